The summed E-state index contributed by atoms with van der Waals surface area (Å²) in [7, 11) is -3.43. The topological polar surface area (TPSA) is 105 Å². The third kappa shape index (κ3) is 6.18. The first kappa shape index (κ1) is 24.4. The molecule has 0 bridgehead atoms. The third-order valence-corrected chi connectivity index (χ3v) is 6.47. The molecule has 1 aromatic heterocycles. The molecular weight excluding hydrogens is 462 g/mol. The van der Waals surface area contributed by atoms with Gasteiger partial charge >= 0.3 is 0 Å². The Labute approximate surface area is 198 Å². The summed E-state index contributed by atoms with van der Waals surface area (Å²) in [6, 6.07) is 14.6. The molecule has 0 fully saturated rings. The lowest BCUT2D eigenvalue weighted by atomic mass is 10.1. The number of hydrogen-bond donors (Lipinski definition) is 2. The molecule has 0 aliphatic heterocycles. The molecule has 0 spiro atoms. The zero-order valence-electron chi connectivity index (χ0n) is 18.4. The van der Waals surface area contributed by atoms with E-state index in [1.165, 1.54) is 24.4 Å². The molecule has 0 aliphatic carbocycles. The van der Waals surface area contributed by atoms with Crippen LogP contribution in [0.3, 0.4) is 0 Å². The number of carbonyl (C=O) groups is 2. The van der Waals surface area contributed by atoms with Crippen LogP contribution in [-0.4, -0.2) is 37.5 Å². The Balaban J connectivity index is 1.76. The number of rotatable bonds is 7. The molecule has 3 aromatic rings. The number of sulfone groups is 1. The van der Waals surface area contributed by atoms with E-state index in [2.05, 4.69) is 15.6 Å². The molecule has 1 heterocycles. The van der Waals surface area contributed by atoms with Gasteiger partial charge in [0.2, 0.25) is 0 Å². The summed E-state index contributed by atoms with van der Waals surface area (Å²) in [5.41, 5.74) is 2.53. The number of pyridine rings is 1. The molecule has 0 aliphatic rings. The minimum Gasteiger partial charge on any atom is -0.350 e. The van der Waals surface area contributed by atoms with E-state index in [1.54, 1.807) is 30.3 Å². The molecule has 172 valence electrons. The number of amides is 2. The van der Waals surface area contributed by atoms with Crippen molar-refractivity contribution in [2.24, 2.45) is 0 Å². The molecule has 1 unspecified atom stereocenters. The van der Waals surface area contributed by atoms with E-state index in [0.717, 1.165) is 18.2 Å². The Hall–Kier alpha value is -3.23. The van der Waals surface area contributed by atoms with E-state index in [1.807, 2.05) is 19.9 Å². The van der Waals surface area contributed by atoms with Gasteiger partial charge in [-0.05, 0) is 55.8 Å². The highest BCUT2D eigenvalue weighted by molar-refractivity contribution is 7.90. The average molecular weight is 486 g/mol. The van der Waals surface area contributed by atoms with E-state index in [4.69, 9.17) is 11.6 Å². The predicted molar refractivity (Wildman–Crippen MR) is 129 cm³/mol. The van der Waals surface area contributed by atoms with Crippen molar-refractivity contribution in [3.05, 3.63) is 76.9 Å². The van der Waals surface area contributed by atoms with Crippen molar-refractivity contribution in [3.8, 4) is 11.3 Å². The summed E-state index contributed by atoms with van der Waals surface area (Å²) in [5.74, 6) is -0.648. The lowest BCUT2D eigenvalue weighted by molar-refractivity contribution is 0.0938. The highest BCUT2D eigenvalue weighted by atomic mass is 35.5. The van der Waals surface area contributed by atoms with Crippen molar-refractivity contribution in [2.45, 2.75) is 31.2 Å². The number of anilines is 1. The van der Waals surface area contributed by atoms with Crippen molar-refractivity contribution in [2.75, 3.05) is 11.6 Å². The maximum absolute atomic E-state index is 12.7. The summed E-state index contributed by atoms with van der Waals surface area (Å²) >= 11 is 6.14. The SMILES string of the molecule is CCC(C)NC(=O)c1ccc(-c2cccc(NC(=O)c3ccc(S(C)(=O)=O)cc3Cl)c2)nc1. The molecule has 33 heavy (non-hydrogen) atoms. The normalized spacial score (nSPS) is 12.1. The Morgan fingerprint density at radius 1 is 1.06 bits per heavy atom. The molecule has 7 nitrogen and oxygen atoms in total. The molecule has 0 saturated heterocycles. The number of halogens is 1. The summed E-state index contributed by atoms with van der Waals surface area (Å²) in [6.45, 7) is 3.93. The quantitative estimate of drug-likeness (QED) is 0.509. The second-order valence-corrected chi connectivity index (χ2v) is 10.1. The molecule has 9 heteroatoms. The number of hydrogen-bond acceptors (Lipinski definition) is 5. The van der Waals surface area contributed by atoms with Crippen LogP contribution < -0.4 is 10.6 Å². The van der Waals surface area contributed by atoms with Crippen LogP contribution in [0.5, 0.6) is 0 Å². The fraction of sp³-hybridized carbons (Fsp3) is 0.208. The lowest BCUT2D eigenvalue weighted by Crippen LogP contribution is -2.31. The van der Waals surface area contributed by atoms with Gasteiger partial charge in [0.15, 0.2) is 9.84 Å². The molecule has 2 aromatic carbocycles. The number of nitrogens with zero attached hydrogens (tertiary/aromatic N) is 1. The van der Waals surface area contributed by atoms with Crippen LogP contribution in [-0.2, 0) is 9.84 Å². The van der Waals surface area contributed by atoms with Crippen LogP contribution in [0.1, 0.15) is 41.0 Å². The van der Waals surface area contributed by atoms with Crippen LogP contribution in [0.15, 0.2) is 65.7 Å². The first-order valence-electron chi connectivity index (χ1n) is 10.3. The van der Waals surface area contributed by atoms with Crippen molar-refractivity contribution >= 4 is 38.9 Å². The molecule has 0 radical (unpaired) electrons. The monoisotopic (exact) mass is 485 g/mol. The zero-order chi connectivity index (χ0) is 24.2. The highest BCUT2D eigenvalue weighted by Gasteiger charge is 2.15. The van der Waals surface area contributed by atoms with Crippen LogP contribution >= 0.6 is 11.6 Å². The maximum Gasteiger partial charge on any atom is 0.257 e. The third-order valence-electron chi connectivity index (χ3n) is 5.05. The van der Waals surface area contributed by atoms with Gasteiger partial charge < -0.3 is 10.6 Å². The molecule has 3 rings (SSSR count). The van der Waals surface area contributed by atoms with E-state index in [0.29, 0.717) is 16.9 Å². The van der Waals surface area contributed by atoms with Gasteiger partial charge in [0.1, 0.15) is 0 Å². The van der Waals surface area contributed by atoms with Gasteiger partial charge in [-0.15, -0.1) is 0 Å². The Morgan fingerprint density at radius 3 is 2.42 bits per heavy atom. The molecule has 2 N–H and O–H groups in total. The van der Waals surface area contributed by atoms with E-state index in [-0.39, 0.29) is 27.4 Å². The molecule has 1 atom stereocenters. The summed E-state index contributed by atoms with van der Waals surface area (Å²) < 4.78 is 23.3. The minimum absolute atomic E-state index is 0.0402. The van der Waals surface area contributed by atoms with Crippen molar-refractivity contribution in [1.29, 1.82) is 0 Å². The van der Waals surface area contributed by atoms with Crippen molar-refractivity contribution in [1.82, 2.24) is 10.3 Å². The largest absolute Gasteiger partial charge is 0.350 e. The van der Waals surface area contributed by atoms with Crippen molar-refractivity contribution < 1.29 is 18.0 Å². The van der Waals surface area contributed by atoms with Gasteiger partial charge in [-0.2, -0.15) is 0 Å². The average Bonchev–Trinajstić information content (AvgIpc) is 2.78. The highest BCUT2D eigenvalue weighted by Crippen LogP contribution is 2.24. The lowest BCUT2D eigenvalue weighted by Gasteiger charge is -2.12. The minimum atomic E-state index is -3.43. The van der Waals surface area contributed by atoms with Gasteiger partial charge in [0.05, 0.1) is 26.7 Å². The first-order valence-corrected chi connectivity index (χ1v) is 12.5. The number of aromatic nitrogens is 1. The fourth-order valence-electron chi connectivity index (χ4n) is 2.97. The van der Waals surface area contributed by atoms with Gasteiger partial charge in [-0.3, -0.25) is 14.6 Å². The van der Waals surface area contributed by atoms with E-state index >= 15 is 0 Å². The standard InChI is InChI=1S/C24H24ClN3O4S/c1-4-15(2)27-23(29)17-8-11-22(26-14-17)16-6-5-7-18(12-16)28-24(30)20-10-9-19(13-21(20)25)33(3,31)32/h5-15H,4H2,1-3H3,(H,27,29)(H,28,30). The summed E-state index contributed by atoms with van der Waals surface area (Å²) in [4.78, 5) is 29.3. The van der Waals surface area contributed by atoms with Gasteiger partial charge in [0.25, 0.3) is 11.8 Å². The Kier molecular flexibility index (Phi) is 7.50. The molecular formula is C24H24ClN3O4S. The number of benzene rings is 2. The summed E-state index contributed by atoms with van der Waals surface area (Å²) in [6.07, 6.45) is 3.42. The fourth-order valence-corrected chi connectivity index (χ4v) is 3.95. The second kappa shape index (κ2) is 10.1. The molecule has 2 amide bonds. The van der Waals surface area contributed by atoms with Gasteiger partial charge in [0, 0.05) is 29.7 Å². The van der Waals surface area contributed by atoms with Crippen LogP contribution in [0, 0.1) is 0 Å². The zero-order valence-corrected chi connectivity index (χ0v) is 20.0. The van der Waals surface area contributed by atoms with Crippen LogP contribution in [0.4, 0.5) is 5.69 Å². The van der Waals surface area contributed by atoms with Crippen LogP contribution in [0.25, 0.3) is 11.3 Å². The van der Waals surface area contributed by atoms with Gasteiger partial charge in [-0.1, -0.05) is 30.7 Å². The second-order valence-electron chi connectivity index (χ2n) is 7.66. The number of nitrogens with one attached hydrogen (secondary N) is 2. The first-order chi connectivity index (χ1) is 15.6. The van der Waals surface area contributed by atoms with Gasteiger partial charge in [-0.25, -0.2) is 8.42 Å². The van der Waals surface area contributed by atoms with E-state index in [9.17, 15) is 18.0 Å². The van der Waals surface area contributed by atoms with E-state index < -0.39 is 15.7 Å². The Bertz CT molecular complexity index is 1290. The van der Waals surface area contributed by atoms with Crippen LogP contribution in [0.2, 0.25) is 5.02 Å². The number of carbonyl (C=O) groups excluding carboxylic acids is 2. The maximum atomic E-state index is 12.7. The smallest absolute Gasteiger partial charge is 0.257 e. The Morgan fingerprint density at radius 2 is 1.82 bits per heavy atom. The predicted octanol–water partition coefficient (Wildman–Crippen LogP) is 4.59. The summed E-state index contributed by atoms with van der Waals surface area (Å²) in [5, 5.41) is 5.70. The molecule has 0 saturated carbocycles. The van der Waals surface area contributed by atoms with Crippen molar-refractivity contribution in [3.63, 3.8) is 0 Å².